The van der Waals surface area contributed by atoms with Gasteiger partial charge in [0, 0.05) is 0 Å². The smallest absolute Gasteiger partial charge is 0.338 e. The van der Waals surface area contributed by atoms with Gasteiger partial charge < -0.3 is 18.9 Å². The van der Waals surface area contributed by atoms with E-state index in [2.05, 4.69) is 9.47 Å². The molecule has 0 N–H and O–H groups in total. The molecule has 6 heteroatoms. The molecule has 1 aliphatic rings. The van der Waals surface area contributed by atoms with Crippen LogP contribution in [-0.2, 0) is 28.5 Å². The lowest BCUT2D eigenvalue weighted by molar-refractivity contribution is -0.180. The normalized spacial score (nSPS) is 27.5. The van der Waals surface area contributed by atoms with Crippen LogP contribution in [0.15, 0.2) is 0 Å². The minimum atomic E-state index is -1.07. The Kier molecular flexibility index (Phi) is 3.88. The van der Waals surface area contributed by atoms with E-state index in [0.29, 0.717) is 6.42 Å². The van der Waals surface area contributed by atoms with Crippen LogP contribution in [0.5, 0.6) is 0 Å². The zero-order valence-electron chi connectivity index (χ0n) is 9.81. The summed E-state index contributed by atoms with van der Waals surface area (Å²) in [7, 11) is 2.45. The van der Waals surface area contributed by atoms with Gasteiger partial charge in [0.1, 0.15) is 0 Å². The Balaban J connectivity index is 2.87. The van der Waals surface area contributed by atoms with Crippen molar-refractivity contribution in [2.24, 2.45) is 0 Å². The number of rotatable bonds is 3. The lowest BCUT2D eigenvalue weighted by atomic mass is 10.2. The van der Waals surface area contributed by atoms with Crippen LogP contribution in [0.1, 0.15) is 20.3 Å². The van der Waals surface area contributed by atoms with Crippen molar-refractivity contribution in [3.63, 3.8) is 0 Å². The van der Waals surface area contributed by atoms with E-state index >= 15 is 0 Å². The van der Waals surface area contributed by atoms with Gasteiger partial charge in [-0.3, -0.25) is 0 Å². The molecule has 0 radical (unpaired) electrons. The summed E-state index contributed by atoms with van der Waals surface area (Å²) in [6.45, 7) is 3.49. The third-order valence-corrected chi connectivity index (χ3v) is 2.54. The summed E-state index contributed by atoms with van der Waals surface area (Å²) >= 11 is 0. The van der Waals surface area contributed by atoms with Crippen LogP contribution in [0.2, 0.25) is 0 Å². The molecule has 0 aromatic carbocycles. The van der Waals surface area contributed by atoms with E-state index in [4.69, 9.17) is 9.47 Å². The molecule has 0 saturated carbocycles. The van der Waals surface area contributed by atoms with Gasteiger partial charge in [0.15, 0.2) is 18.0 Å². The first kappa shape index (κ1) is 12.9. The number of hydrogen-bond acceptors (Lipinski definition) is 6. The van der Waals surface area contributed by atoms with Gasteiger partial charge in [0.05, 0.1) is 14.2 Å². The number of hydrogen-bond donors (Lipinski definition) is 0. The van der Waals surface area contributed by atoms with Crippen molar-refractivity contribution in [3.8, 4) is 0 Å². The van der Waals surface area contributed by atoms with Crippen molar-refractivity contribution in [2.45, 2.75) is 38.3 Å². The third kappa shape index (κ3) is 2.33. The first-order chi connectivity index (χ1) is 7.47. The van der Waals surface area contributed by atoms with E-state index in [0.717, 1.165) is 0 Å². The Morgan fingerprint density at radius 2 is 1.50 bits per heavy atom. The fourth-order valence-electron chi connectivity index (χ4n) is 1.43. The molecule has 1 rings (SSSR count). The van der Waals surface area contributed by atoms with Crippen LogP contribution in [0.3, 0.4) is 0 Å². The topological polar surface area (TPSA) is 71.1 Å². The number of esters is 2. The molecule has 0 unspecified atom stereocenters. The van der Waals surface area contributed by atoms with Gasteiger partial charge in [-0.15, -0.1) is 0 Å². The maximum atomic E-state index is 11.4. The highest BCUT2D eigenvalue weighted by atomic mass is 16.8. The molecule has 92 valence electrons. The highest BCUT2D eigenvalue weighted by molar-refractivity contribution is 5.86. The summed E-state index contributed by atoms with van der Waals surface area (Å²) in [6, 6.07) is 0. The number of methoxy groups -OCH3 is 2. The van der Waals surface area contributed by atoms with E-state index in [1.54, 1.807) is 6.92 Å². The second-order valence-electron chi connectivity index (χ2n) is 3.61. The van der Waals surface area contributed by atoms with Crippen molar-refractivity contribution < 1.29 is 28.5 Å². The molecule has 1 fully saturated rings. The molecular formula is C10H16O6. The summed E-state index contributed by atoms with van der Waals surface area (Å²) < 4.78 is 19.9. The molecule has 0 aromatic rings. The van der Waals surface area contributed by atoms with Crippen LogP contribution in [0.25, 0.3) is 0 Å². The van der Waals surface area contributed by atoms with E-state index in [9.17, 15) is 9.59 Å². The molecular weight excluding hydrogens is 216 g/mol. The Morgan fingerprint density at radius 1 is 1.12 bits per heavy atom. The Hall–Kier alpha value is -1.14. The number of carbonyl (C=O) groups excluding carboxylic acids is 2. The zero-order valence-corrected chi connectivity index (χ0v) is 9.81. The van der Waals surface area contributed by atoms with Gasteiger partial charge in [-0.05, 0) is 13.3 Å². The zero-order chi connectivity index (χ0) is 12.3. The molecule has 0 aliphatic carbocycles. The van der Waals surface area contributed by atoms with Gasteiger partial charge in [-0.1, -0.05) is 6.92 Å². The van der Waals surface area contributed by atoms with E-state index in [1.807, 2.05) is 6.92 Å². The Morgan fingerprint density at radius 3 is 1.75 bits per heavy atom. The molecule has 1 aliphatic heterocycles. The Labute approximate surface area is 93.8 Å². The Bertz CT molecular complexity index is 263. The van der Waals surface area contributed by atoms with E-state index < -0.39 is 29.9 Å². The first-order valence-electron chi connectivity index (χ1n) is 4.98. The summed E-state index contributed by atoms with van der Waals surface area (Å²) in [4.78, 5) is 22.8. The average Bonchev–Trinajstić information content (AvgIpc) is 2.66. The van der Waals surface area contributed by atoms with Crippen molar-refractivity contribution >= 4 is 11.9 Å². The van der Waals surface area contributed by atoms with Crippen molar-refractivity contribution in [1.29, 1.82) is 0 Å². The highest BCUT2D eigenvalue weighted by Gasteiger charge is 2.51. The summed E-state index contributed by atoms with van der Waals surface area (Å²) in [5.41, 5.74) is 0. The average molecular weight is 232 g/mol. The molecule has 0 aromatic heterocycles. The maximum absolute atomic E-state index is 11.4. The van der Waals surface area contributed by atoms with E-state index in [-0.39, 0.29) is 0 Å². The lowest BCUT2D eigenvalue weighted by Crippen LogP contribution is -2.38. The number of ether oxygens (including phenoxy) is 4. The quantitative estimate of drug-likeness (QED) is 0.649. The van der Waals surface area contributed by atoms with Gasteiger partial charge >= 0.3 is 11.9 Å². The molecule has 0 amide bonds. The molecule has 0 bridgehead atoms. The largest absolute Gasteiger partial charge is 0.467 e. The van der Waals surface area contributed by atoms with Crippen LogP contribution < -0.4 is 0 Å². The van der Waals surface area contributed by atoms with Crippen LogP contribution >= 0.6 is 0 Å². The molecule has 0 spiro atoms. The maximum Gasteiger partial charge on any atom is 0.338 e. The third-order valence-electron chi connectivity index (χ3n) is 2.54. The molecule has 1 heterocycles. The summed E-state index contributed by atoms with van der Waals surface area (Å²) in [5, 5.41) is 0. The monoisotopic (exact) mass is 232 g/mol. The summed E-state index contributed by atoms with van der Waals surface area (Å²) in [5.74, 6) is -2.25. The molecule has 2 atom stereocenters. The van der Waals surface area contributed by atoms with Gasteiger partial charge in [-0.25, -0.2) is 9.59 Å². The highest BCUT2D eigenvalue weighted by Crippen LogP contribution is 2.32. The van der Waals surface area contributed by atoms with E-state index in [1.165, 1.54) is 14.2 Å². The van der Waals surface area contributed by atoms with Crippen molar-refractivity contribution in [1.82, 2.24) is 0 Å². The second kappa shape index (κ2) is 4.80. The fourth-order valence-corrected chi connectivity index (χ4v) is 1.43. The van der Waals surface area contributed by atoms with Crippen LogP contribution in [0, 0.1) is 0 Å². The fraction of sp³-hybridized carbons (Fsp3) is 0.800. The summed E-state index contributed by atoms with van der Waals surface area (Å²) in [6.07, 6.45) is -1.63. The van der Waals surface area contributed by atoms with Crippen molar-refractivity contribution in [3.05, 3.63) is 0 Å². The second-order valence-corrected chi connectivity index (χ2v) is 3.61. The van der Waals surface area contributed by atoms with Crippen LogP contribution in [-0.4, -0.2) is 44.2 Å². The van der Waals surface area contributed by atoms with Gasteiger partial charge in [0.25, 0.3) is 0 Å². The standard InChI is InChI=1S/C10H16O6/c1-5-10(2)15-6(8(11)13-3)7(16-10)9(12)14-4/h6-7H,5H2,1-4H3/t6-,7-/m1/s1. The van der Waals surface area contributed by atoms with Crippen LogP contribution in [0.4, 0.5) is 0 Å². The SMILES string of the molecule is CCC1(C)O[C@@H](C(=O)OC)[C@H](C(=O)OC)O1. The molecule has 6 nitrogen and oxygen atoms in total. The predicted octanol–water partition coefficient (Wildman–Crippen LogP) is 0.243. The van der Waals surface area contributed by atoms with Gasteiger partial charge in [-0.2, -0.15) is 0 Å². The minimum absolute atomic E-state index is 0.508. The lowest BCUT2D eigenvalue weighted by Gasteiger charge is -2.20. The van der Waals surface area contributed by atoms with Gasteiger partial charge in [0.2, 0.25) is 0 Å². The predicted molar refractivity (Wildman–Crippen MR) is 52.5 cm³/mol. The molecule has 1 saturated heterocycles. The minimum Gasteiger partial charge on any atom is -0.467 e. The first-order valence-corrected chi connectivity index (χ1v) is 4.98. The number of carbonyl (C=O) groups is 2. The van der Waals surface area contributed by atoms with Crippen molar-refractivity contribution in [2.75, 3.05) is 14.2 Å². The molecule has 16 heavy (non-hydrogen) atoms.